The summed E-state index contributed by atoms with van der Waals surface area (Å²) < 4.78 is 0.894. The molecule has 0 radical (unpaired) electrons. The number of carbonyl (C=O) groups is 2. The van der Waals surface area contributed by atoms with Crippen LogP contribution in [0.15, 0.2) is 28.7 Å². The molecular formula is C14H17BrN2O2. The maximum atomic E-state index is 12.2. The molecule has 0 aromatic heterocycles. The largest absolute Gasteiger partial charge is 0.345 e. The lowest BCUT2D eigenvalue weighted by molar-refractivity contribution is -0.129. The van der Waals surface area contributed by atoms with Crippen LogP contribution in [0.4, 0.5) is 0 Å². The molecule has 0 unspecified atom stereocenters. The van der Waals surface area contributed by atoms with Crippen molar-refractivity contribution in [3.8, 4) is 0 Å². The standard InChI is InChI=1S/C14H17BrN2O2/c1-16-6-3-7-17(10-14(16)19)9-13(18)11-4-2-5-12(15)8-11/h2,4-5,8H,3,6-7,9-10H2,1H3. The van der Waals surface area contributed by atoms with Gasteiger partial charge in [-0.1, -0.05) is 28.1 Å². The minimum atomic E-state index is 0.0543. The molecule has 1 fully saturated rings. The van der Waals surface area contributed by atoms with Crippen molar-refractivity contribution in [2.24, 2.45) is 0 Å². The van der Waals surface area contributed by atoms with Gasteiger partial charge in [-0.3, -0.25) is 14.5 Å². The summed E-state index contributed by atoms with van der Waals surface area (Å²) in [7, 11) is 1.81. The summed E-state index contributed by atoms with van der Waals surface area (Å²) in [5.41, 5.74) is 0.680. The highest BCUT2D eigenvalue weighted by molar-refractivity contribution is 9.10. The lowest BCUT2D eigenvalue weighted by atomic mass is 10.1. The van der Waals surface area contributed by atoms with Crippen molar-refractivity contribution in [2.75, 3.05) is 33.2 Å². The van der Waals surface area contributed by atoms with Gasteiger partial charge in [-0.05, 0) is 18.6 Å². The highest BCUT2D eigenvalue weighted by Crippen LogP contribution is 2.13. The van der Waals surface area contributed by atoms with Crippen LogP contribution in [-0.2, 0) is 4.79 Å². The zero-order valence-corrected chi connectivity index (χ0v) is 12.5. The number of amides is 1. The highest BCUT2D eigenvalue weighted by atomic mass is 79.9. The molecule has 19 heavy (non-hydrogen) atoms. The third-order valence-electron chi connectivity index (χ3n) is 3.27. The predicted octanol–water partition coefficient (Wildman–Crippen LogP) is 1.80. The van der Waals surface area contributed by atoms with E-state index >= 15 is 0 Å². The number of nitrogens with zero attached hydrogens (tertiary/aromatic N) is 2. The van der Waals surface area contributed by atoms with Crippen molar-refractivity contribution in [3.63, 3.8) is 0 Å². The van der Waals surface area contributed by atoms with Crippen molar-refractivity contribution in [1.29, 1.82) is 0 Å². The smallest absolute Gasteiger partial charge is 0.236 e. The first kappa shape index (κ1) is 14.2. The van der Waals surface area contributed by atoms with Crippen LogP contribution in [0.1, 0.15) is 16.8 Å². The molecule has 0 bridgehead atoms. The monoisotopic (exact) mass is 324 g/mol. The Hall–Kier alpha value is -1.20. The predicted molar refractivity (Wildman–Crippen MR) is 77.2 cm³/mol. The van der Waals surface area contributed by atoms with Gasteiger partial charge in [0.2, 0.25) is 5.91 Å². The van der Waals surface area contributed by atoms with Gasteiger partial charge >= 0.3 is 0 Å². The molecule has 0 aliphatic carbocycles. The zero-order chi connectivity index (χ0) is 13.8. The summed E-state index contributed by atoms with van der Waals surface area (Å²) in [6.07, 6.45) is 0.911. The number of hydrogen-bond donors (Lipinski definition) is 0. The van der Waals surface area contributed by atoms with E-state index in [1.165, 1.54) is 0 Å². The molecule has 1 aromatic rings. The Morgan fingerprint density at radius 3 is 2.89 bits per heavy atom. The van der Waals surface area contributed by atoms with Gasteiger partial charge in [0.25, 0.3) is 0 Å². The van der Waals surface area contributed by atoms with Crippen LogP contribution in [0.5, 0.6) is 0 Å². The average molecular weight is 325 g/mol. The zero-order valence-electron chi connectivity index (χ0n) is 10.9. The number of hydrogen-bond acceptors (Lipinski definition) is 3. The fourth-order valence-corrected chi connectivity index (χ4v) is 2.54. The second-order valence-electron chi connectivity index (χ2n) is 4.81. The van der Waals surface area contributed by atoms with E-state index in [2.05, 4.69) is 15.9 Å². The molecule has 1 amide bonds. The third-order valence-corrected chi connectivity index (χ3v) is 3.76. The van der Waals surface area contributed by atoms with Crippen molar-refractivity contribution < 1.29 is 9.59 Å². The Balaban J connectivity index is 2.00. The van der Waals surface area contributed by atoms with Gasteiger partial charge in [0.15, 0.2) is 5.78 Å². The van der Waals surface area contributed by atoms with E-state index < -0.39 is 0 Å². The average Bonchev–Trinajstić information content (AvgIpc) is 2.52. The molecule has 1 heterocycles. The summed E-state index contributed by atoms with van der Waals surface area (Å²) in [5, 5.41) is 0. The van der Waals surface area contributed by atoms with Gasteiger partial charge in [0, 0.05) is 30.2 Å². The van der Waals surface area contributed by atoms with Crippen molar-refractivity contribution in [2.45, 2.75) is 6.42 Å². The van der Waals surface area contributed by atoms with E-state index in [1.807, 2.05) is 30.1 Å². The molecule has 1 aliphatic rings. The minimum absolute atomic E-state index is 0.0543. The number of ketones is 1. The molecule has 2 rings (SSSR count). The van der Waals surface area contributed by atoms with Gasteiger partial charge in [0.05, 0.1) is 13.1 Å². The van der Waals surface area contributed by atoms with Crippen LogP contribution in [0, 0.1) is 0 Å². The first-order chi connectivity index (χ1) is 9.06. The number of likely N-dealkylation sites (N-methyl/N-ethyl adjacent to an activating group) is 1. The number of Topliss-reactive ketones (excluding diaryl/α,β-unsaturated/α-hetero) is 1. The number of halogens is 1. The maximum Gasteiger partial charge on any atom is 0.236 e. The second-order valence-corrected chi connectivity index (χ2v) is 5.73. The van der Waals surface area contributed by atoms with Crippen LogP contribution in [0.2, 0.25) is 0 Å². The lowest BCUT2D eigenvalue weighted by Crippen LogP contribution is -2.37. The van der Waals surface area contributed by atoms with Crippen molar-refractivity contribution in [1.82, 2.24) is 9.80 Å². The van der Waals surface area contributed by atoms with Gasteiger partial charge in [-0.25, -0.2) is 0 Å². The van der Waals surface area contributed by atoms with E-state index in [9.17, 15) is 9.59 Å². The van der Waals surface area contributed by atoms with E-state index in [0.29, 0.717) is 18.7 Å². The molecule has 5 heteroatoms. The molecule has 102 valence electrons. The minimum Gasteiger partial charge on any atom is -0.345 e. The Morgan fingerprint density at radius 2 is 2.16 bits per heavy atom. The van der Waals surface area contributed by atoms with Crippen molar-refractivity contribution in [3.05, 3.63) is 34.3 Å². The molecular weight excluding hydrogens is 308 g/mol. The number of carbonyl (C=O) groups excluding carboxylic acids is 2. The van der Waals surface area contributed by atoms with E-state index in [4.69, 9.17) is 0 Å². The molecule has 0 spiro atoms. The summed E-state index contributed by atoms with van der Waals surface area (Å²) in [6.45, 7) is 2.18. The Kier molecular flexibility index (Phi) is 4.71. The van der Waals surface area contributed by atoms with Gasteiger partial charge in [-0.15, -0.1) is 0 Å². The molecule has 1 saturated heterocycles. The summed E-state index contributed by atoms with van der Waals surface area (Å²) in [4.78, 5) is 27.6. The molecule has 0 saturated carbocycles. The van der Waals surface area contributed by atoms with Gasteiger partial charge in [0.1, 0.15) is 0 Å². The summed E-state index contributed by atoms with van der Waals surface area (Å²) in [5.74, 6) is 0.137. The molecule has 4 nitrogen and oxygen atoms in total. The molecule has 0 N–H and O–H groups in total. The van der Waals surface area contributed by atoms with Crippen molar-refractivity contribution >= 4 is 27.6 Å². The van der Waals surface area contributed by atoms with Crippen LogP contribution in [0.3, 0.4) is 0 Å². The Bertz CT molecular complexity index is 490. The van der Waals surface area contributed by atoms with Crippen LogP contribution in [0.25, 0.3) is 0 Å². The van der Waals surface area contributed by atoms with Crippen LogP contribution < -0.4 is 0 Å². The highest BCUT2D eigenvalue weighted by Gasteiger charge is 2.21. The van der Waals surface area contributed by atoms with E-state index in [0.717, 1.165) is 24.0 Å². The Morgan fingerprint density at radius 1 is 1.37 bits per heavy atom. The van der Waals surface area contributed by atoms with Crippen LogP contribution >= 0.6 is 15.9 Å². The van der Waals surface area contributed by atoms with Gasteiger partial charge in [-0.2, -0.15) is 0 Å². The maximum absolute atomic E-state index is 12.2. The van der Waals surface area contributed by atoms with E-state index in [-0.39, 0.29) is 11.7 Å². The quantitative estimate of drug-likeness (QED) is 0.796. The van der Waals surface area contributed by atoms with Crippen LogP contribution in [-0.4, -0.2) is 54.7 Å². The molecule has 1 aliphatic heterocycles. The third kappa shape index (κ3) is 3.88. The fraction of sp³-hybridized carbons (Fsp3) is 0.429. The lowest BCUT2D eigenvalue weighted by Gasteiger charge is -2.18. The normalized spacial score (nSPS) is 17.4. The summed E-state index contributed by atoms with van der Waals surface area (Å²) >= 11 is 3.36. The summed E-state index contributed by atoms with van der Waals surface area (Å²) in [6, 6.07) is 7.35. The molecule has 0 atom stereocenters. The SMILES string of the molecule is CN1CCCN(CC(=O)c2cccc(Br)c2)CC1=O. The van der Waals surface area contributed by atoms with Gasteiger partial charge < -0.3 is 4.90 Å². The van der Waals surface area contributed by atoms with E-state index in [1.54, 1.807) is 11.0 Å². The number of rotatable bonds is 3. The number of benzene rings is 1. The second kappa shape index (κ2) is 6.30. The first-order valence-electron chi connectivity index (χ1n) is 6.31. The first-order valence-corrected chi connectivity index (χ1v) is 7.10. The Labute approximate surface area is 121 Å². The molecule has 1 aromatic carbocycles. The topological polar surface area (TPSA) is 40.6 Å². The fourth-order valence-electron chi connectivity index (χ4n) is 2.14.